The summed E-state index contributed by atoms with van der Waals surface area (Å²) in [6, 6.07) is 5.78. The van der Waals surface area contributed by atoms with Crippen LogP contribution in [0, 0.1) is 0 Å². The maximum atomic E-state index is 12.8. The predicted molar refractivity (Wildman–Crippen MR) is 69.9 cm³/mol. The Kier molecular flexibility index (Phi) is 4.19. The van der Waals surface area contributed by atoms with Crippen molar-refractivity contribution in [3.8, 4) is 0 Å². The zero-order valence-electron chi connectivity index (χ0n) is 11.2. The van der Waals surface area contributed by atoms with Crippen LogP contribution in [0.5, 0.6) is 0 Å². The van der Waals surface area contributed by atoms with E-state index >= 15 is 0 Å². The summed E-state index contributed by atoms with van der Waals surface area (Å²) < 4.78 is 38.5. The monoisotopic (exact) mass is 271 g/mol. The van der Waals surface area contributed by atoms with Crippen molar-refractivity contribution in [1.29, 1.82) is 0 Å². The van der Waals surface area contributed by atoms with E-state index in [-0.39, 0.29) is 5.54 Å². The smallest absolute Gasteiger partial charge is 0.307 e. The first-order chi connectivity index (χ1) is 8.98. The maximum absolute atomic E-state index is 12.8. The minimum Gasteiger partial charge on any atom is -0.307 e. The van der Waals surface area contributed by atoms with Gasteiger partial charge in [-0.15, -0.1) is 0 Å². The summed E-state index contributed by atoms with van der Waals surface area (Å²) in [5.74, 6) is 0. The first kappa shape index (κ1) is 14.4. The molecule has 1 aliphatic heterocycles. The molecule has 0 aromatic heterocycles. The van der Waals surface area contributed by atoms with E-state index in [1.165, 1.54) is 12.1 Å². The molecule has 0 radical (unpaired) electrons. The fourth-order valence-electron chi connectivity index (χ4n) is 2.89. The lowest BCUT2D eigenvalue weighted by molar-refractivity contribution is -0.137. The van der Waals surface area contributed by atoms with Crippen LogP contribution in [0.1, 0.15) is 50.2 Å². The normalized spacial score (nSPS) is 25.1. The third-order valence-electron chi connectivity index (χ3n) is 4.09. The lowest BCUT2D eigenvalue weighted by atomic mass is 9.82. The second-order valence-electron chi connectivity index (χ2n) is 5.25. The average Bonchev–Trinajstić information content (AvgIpc) is 2.64. The Bertz CT molecular complexity index is 418. The average molecular weight is 271 g/mol. The van der Waals surface area contributed by atoms with Crippen LogP contribution in [0.4, 0.5) is 13.2 Å². The first-order valence-electron chi connectivity index (χ1n) is 6.91. The third-order valence-corrected chi connectivity index (χ3v) is 4.09. The topological polar surface area (TPSA) is 12.0 Å². The Morgan fingerprint density at radius 1 is 1.21 bits per heavy atom. The van der Waals surface area contributed by atoms with Gasteiger partial charge in [-0.05, 0) is 43.5 Å². The van der Waals surface area contributed by atoms with Crippen molar-refractivity contribution < 1.29 is 13.2 Å². The Balaban J connectivity index is 2.37. The first-order valence-corrected chi connectivity index (χ1v) is 6.91. The van der Waals surface area contributed by atoms with Gasteiger partial charge in [0.25, 0.3) is 0 Å². The van der Waals surface area contributed by atoms with E-state index in [0.29, 0.717) is 0 Å². The van der Waals surface area contributed by atoms with E-state index in [9.17, 15) is 13.2 Å². The molecule has 1 heterocycles. The SMILES string of the molecule is CCC1(c2cccc(C(F)(F)F)c2)CCCCCN1. The molecule has 1 unspecified atom stereocenters. The molecular weight excluding hydrogens is 251 g/mol. The van der Waals surface area contributed by atoms with Crippen LogP contribution in [-0.2, 0) is 11.7 Å². The van der Waals surface area contributed by atoms with Gasteiger partial charge in [-0.3, -0.25) is 0 Å². The fourth-order valence-corrected chi connectivity index (χ4v) is 2.89. The highest BCUT2D eigenvalue weighted by atomic mass is 19.4. The van der Waals surface area contributed by atoms with Gasteiger partial charge in [0.1, 0.15) is 0 Å². The summed E-state index contributed by atoms with van der Waals surface area (Å²) in [6.45, 7) is 2.92. The lowest BCUT2D eigenvalue weighted by Crippen LogP contribution is -2.41. The number of halogens is 3. The van der Waals surface area contributed by atoms with Gasteiger partial charge in [0.05, 0.1) is 5.56 Å². The molecular formula is C15H20F3N. The highest BCUT2D eigenvalue weighted by Gasteiger charge is 2.35. The number of rotatable bonds is 2. The molecule has 106 valence electrons. The lowest BCUT2D eigenvalue weighted by Gasteiger charge is -2.34. The predicted octanol–water partition coefficient (Wildman–Crippen LogP) is 4.47. The molecule has 1 aromatic carbocycles. The molecule has 1 N–H and O–H groups in total. The van der Waals surface area contributed by atoms with Gasteiger partial charge in [-0.25, -0.2) is 0 Å². The molecule has 1 saturated heterocycles. The molecule has 0 aliphatic carbocycles. The van der Waals surface area contributed by atoms with Crippen LogP contribution in [-0.4, -0.2) is 6.54 Å². The van der Waals surface area contributed by atoms with Crippen LogP contribution >= 0.6 is 0 Å². The molecule has 0 spiro atoms. The van der Waals surface area contributed by atoms with Crippen LogP contribution in [0.15, 0.2) is 24.3 Å². The van der Waals surface area contributed by atoms with E-state index in [2.05, 4.69) is 5.32 Å². The summed E-state index contributed by atoms with van der Waals surface area (Å²) in [5.41, 5.74) is -0.0757. The number of benzene rings is 1. The largest absolute Gasteiger partial charge is 0.416 e. The van der Waals surface area contributed by atoms with Gasteiger partial charge < -0.3 is 5.32 Å². The molecule has 2 rings (SSSR count). The summed E-state index contributed by atoms with van der Waals surface area (Å²) in [5, 5.41) is 3.47. The van der Waals surface area contributed by atoms with Gasteiger partial charge >= 0.3 is 6.18 Å². The minimum absolute atomic E-state index is 0.294. The molecule has 0 amide bonds. The zero-order valence-corrected chi connectivity index (χ0v) is 11.2. The highest BCUT2D eigenvalue weighted by Crippen LogP contribution is 2.36. The molecule has 4 heteroatoms. The van der Waals surface area contributed by atoms with Crippen LogP contribution in [0.3, 0.4) is 0 Å². The third kappa shape index (κ3) is 3.11. The molecule has 0 saturated carbocycles. The van der Waals surface area contributed by atoms with Crippen molar-refractivity contribution in [2.45, 2.75) is 50.7 Å². The molecule has 19 heavy (non-hydrogen) atoms. The molecule has 1 aliphatic rings. The zero-order chi connectivity index (χ0) is 13.9. The molecule has 0 bridgehead atoms. The Morgan fingerprint density at radius 2 is 2.00 bits per heavy atom. The number of nitrogens with one attached hydrogen (secondary N) is 1. The Hall–Kier alpha value is -1.03. The summed E-state index contributed by atoms with van der Waals surface area (Å²) in [7, 11) is 0. The van der Waals surface area contributed by atoms with Crippen molar-refractivity contribution in [2.75, 3.05) is 6.54 Å². The van der Waals surface area contributed by atoms with E-state index in [4.69, 9.17) is 0 Å². The molecule has 1 fully saturated rings. The summed E-state index contributed by atoms with van der Waals surface area (Å²) >= 11 is 0. The van der Waals surface area contributed by atoms with Gasteiger partial charge in [0.2, 0.25) is 0 Å². The maximum Gasteiger partial charge on any atom is 0.416 e. The second kappa shape index (κ2) is 5.53. The molecule has 1 atom stereocenters. The van der Waals surface area contributed by atoms with Gasteiger partial charge in [-0.1, -0.05) is 31.9 Å². The molecule has 1 nitrogen and oxygen atoms in total. The van der Waals surface area contributed by atoms with Crippen LogP contribution in [0.25, 0.3) is 0 Å². The summed E-state index contributed by atoms with van der Waals surface area (Å²) in [4.78, 5) is 0. The van der Waals surface area contributed by atoms with Crippen LogP contribution in [0.2, 0.25) is 0 Å². The van der Waals surface area contributed by atoms with Crippen molar-refractivity contribution in [3.63, 3.8) is 0 Å². The highest BCUT2D eigenvalue weighted by molar-refractivity contribution is 5.31. The van der Waals surface area contributed by atoms with Crippen LogP contribution < -0.4 is 5.32 Å². The van der Waals surface area contributed by atoms with Gasteiger partial charge in [0, 0.05) is 5.54 Å². The Morgan fingerprint density at radius 3 is 2.68 bits per heavy atom. The molecule has 1 aromatic rings. The number of hydrogen-bond donors (Lipinski definition) is 1. The quantitative estimate of drug-likeness (QED) is 0.836. The standard InChI is InChI=1S/C15H20F3N/c1-2-14(9-4-3-5-10-19-14)12-7-6-8-13(11-12)15(16,17)18/h6-8,11,19H,2-5,9-10H2,1H3. The van der Waals surface area contributed by atoms with Crippen molar-refractivity contribution in [1.82, 2.24) is 5.32 Å². The van der Waals surface area contributed by atoms with Crippen molar-refractivity contribution in [3.05, 3.63) is 35.4 Å². The summed E-state index contributed by atoms with van der Waals surface area (Å²) in [6.07, 6.45) is 0.764. The van der Waals surface area contributed by atoms with E-state index < -0.39 is 11.7 Å². The van der Waals surface area contributed by atoms with E-state index in [0.717, 1.165) is 50.3 Å². The fraction of sp³-hybridized carbons (Fsp3) is 0.600. The van der Waals surface area contributed by atoms with Gasteiger partial charge in [-0.2, -0.15) is 13.2 Å². The van der Waals surface area contributed by atoms with E-state index in [1.54, 1.807) is 0 Å². The second-order valence-corrected chi connectivity index (χ2v) is 5.25. The minimum atomic E-state index is -4.27. The van der Waals surface area contributed by atoms with Crippen molar-refractivity contribution in [2.24, 2.45) is 0 Å². The van der Waals surface area contributed by atoms with Gasteiger partial charge in [0.15, 0.2) is 0 Å². The Labute approximate surface area is 112 Å². The van der Waals surface area contributed by atoms with E-state index in [1.807, 2.05) is 13.0 Å². The number of alkyl halides is 3. The number of hydrogen-bond acceptors (Lipinski definition) is 1. The van der Waals surface area contributed by atoms with Crippen molar-refractivity contribution >= 4 is 0 Å².